The van der Waals surface area contributed by atoms with Gasteiger partial charge in [-0.25, -0.2) is 0 Å². The van der Waals surface area contributed by atoms with Gasteiger partial charge in [-0.1, -0.05) is 51.1 Å². The predicted molar refractivity (Wildman–Crippen MR) is 85.7 cm³/mol. The van der Waals surface area contributed by atoms with Crippen LogP contribution in [0.15, 0.2) is 42.5 Å². The van der Waals surface area contributed by atoms with Gasteiger partial charge < -0.3 is 5.32 Å². The molecule has 0 saturated heterocycles. The number of rotatable bonds is 5. The molecule has 1 unspecified atom stereocenters. The second kappa shape index (κ2) is 5.71. The molecule has 0 fully saturated rings. The van der Waals surface area contributed by atoms with Crippen LogP contribution in [0.2, 0.25) is 0 Å². The molecule has 114 valence electrons. The van der Waals surface area contributed by atoms with Crippen LogP contribution in [-0.4, -0.2) is 31.3 Å². The van der Waals surface area contributed by atoms with Crippen molar-refractivity contribution in [3.8, 4) is 0 Å². The van der Waals surface area contributed by atoms with Crippen molar-refractivity contribution >= 4 is 11.5 Å². The zero-order valence-corrected chi connectivity index (χ0v) is 13.1. The SMILES string of the molecule is CCC(Nc1ccc2nnnn2n1)C(C)(C)c1ccccc1. The molecule has 0 amide bonds. The molecule has 22 heavy (non-hydrogen) atoms. The Morgan fingerprint density at radius 3 is 2.64 bits per heavy atom. The first-order chi connectivity index (χ1) is 10.6. The van der Waals surface area contributed by atoms with Gasteiger partial charge in [-0.15, -0.1) is 14.8 Å². The number of hydrogen-bond donors (Lipinski definition) is 1. The van der Waals surface area contributed by atoms with Crippen LogP contribution in [0.25, 0.3) is 5.65 Å². The second-order valence-corrected chi connectivity index (χ2v) is 5.94. The van der Waals surface area contributed by atoms with E-state index in [1.54, 1.807) is 0 Å². The third-order valence-electron chi connectivity index (χ3n) is 4.19. The van der Waals surface area contributed by atoms with Crippen molar-refractivity contribution in [1.82, 2.24) is 25.3 Å². The molecule has 6 heteroatoms. The van der Waals surface area contributed by atoms with Gasteiger partial charge in [-0.3, -0.25) is 0 Å². The first-order valence-electron chi connectivity index (χ1n) is 7.48. The van der Waals surface area contributed by atoms with Crippen molar-refractivity contribution in [2.24, 2.45) is 0 Å². The van der Waals surface area contributed by atoms with Crippen LogP contribution in [-0.2, 0) is 5.41 Å². The lowest BCUT2D eigenvalue weighted by Crippen LogP contribution is -2.39. The van der Waals surface area contributed by atoms with Crippen LogP contribution in [0, 0.1) is 0 Å². The quantitative estimate of drug-likeness (QED) is 0.784. The number of hydrogen-bond acceptors (Lipinski definition) is 5. The normalized spacial score (nSPS) is 13.2. The first kappa shape index (κ1) is 14.4. The number of fused-ring (bicyclic) bond motifs is 1. The molecule has 1 aromatic carbocycles. The Labute approximate surface area is 129 Å². The van der Waals surface area contributed by atoms with Crippen molar-refractivity contribution < 1.29 is 0 Å². The van der Waals surface area contributed by atoms with Crippen molar-refractivity contribution in [3.63, 3.8) is 0 Å². The van der Waals surface area contributed by atoms with Crippen molar-refractivity contribution in [1.29, 1.82) is 0 Å². The Morgan fingerprint density at radius 1 is 1.14 bits per heavy atom. The molecule has 2 aromatic heterocycles. The van der Waals surface area contributed by atoms with Gasteiger partial charge in [0.2, 0.25) is 0 Å². The van der Waals surface area contributed by atoms with Gasteiger partial charge >= 0.3 is 0 Å². The average Bonchev–Trinajstić information content (AvgIpc) is 3.01. The highest BCUT2D eigenvalue weighted by Gasteiger charge is 2.30. The highest BCUT2D eigenvalue weighted by molar-refractivity contribution is 5.44. The summed E-state index contributed by atoms with van der Waals surface area (Å²) in [5.41, 5.74) is 1.92. The van der Waals surface area contributed by atoms with Gasteiger partial charge in [-0.2, -0.15) is 0 Å². The fourth-order valence-electron chi connectivity index (χ4n) is 2.77. The molecule has 0 bridgehead atoms. The fraction of sp³-hybridized carbons (Fsp3) is 0.375. The standard InChI is InChI=1S/C16H20N6/c1-4-13(16(2,3)12-8-6-5-7-9-12)17-14-10-11-15-18-20-21-22(15)19-14/h5-11,13H,4H2,1-3H3,(H,17,19). The van der Waals surface area contributed by atoms with Crippen LogP contribution in [0.3, 0.4) is 0 Å². The van der Waals surface area contributed by atoms with E-state index in [4.69, 9.17) is 0 Å². The number of tetrazole rings is 1. The molecule has 0 spiro atoms. The van der Waals surface area contributed by atoms with Gasteiger partial charge in [0.1, 0.15) is 5.82 Å². The molecule has 3 rings (SSSR count). The van der Waals surface area contributed by atoms with E-state index >= 15 is 0 Å². The monoisotopic (exact) mass is 296 g/mol. The lowest BCUT2D eigenvalue weighted by atomic mass is 9.76. The maximum absolute atomic E-state index is 4.40. The first-order valence-corrected chi connectivity index (χ1v) is 7.48. The van der Waals surface area contributed by atoms with Crippen LogP contribution in [0.1, 0.15) is 32.8 Å². The molecule has 0 saturated carbocycles. The molecule has 0 aliphatic rings. The molecule has 1 N–H and O–H groups in total. The Bertz CT molecular complexity index is 749. The zero-order valence-electron chi connectivity index (χ0n) is 13.1. The summed E-state index contributed by atoms with van der Waals surface area (Å²) in [6.07, 6.45) is 0.983. The number of nitrogens with one attached hydrogen (secondary N) is 1. The highest BCUT2D eigenvalue weighted by atomic mass is 15.6. The molecule has 0 aliphatic heterocycles. The molecule has 2 heterocycles. The van der Waals surface area contributed by atoms with E-state index < -0.39 is 0 Å². The van der Waals surface area contributed by atoms with Crippen molar-refractivity contribution in [2.45, 2.75) is 38.6 Å². The Balaban J connectivity index is 1.87. The molecular weight excluding hydrogens is 276 g/mol. The van der Waals surface area contributed by atoms with Gasteiger partial charge in [0.15, 0.2) is 5.65 Å². The fourth-order valence-corrected chi connectivity index (χ4v) is 2.77. The molecular formula is C16H20N6. The predicted octanol–water partition coefficient (Wildman–Crippen LogP) is 2.69. The summed E-state index contributed by atoms with van der Waals surface area (Å²) in [4.78, 5) is 0. The minimum atomic E-state index is -0.0206. The lowest BCUT2D eigenvalue weighted by molar-refractivity contribution is 0.422. The maximum atomic E-state index is 4.40. The van der Waals surface area contributed by atoms with Crippen molar-refractivity contribution in [2.75, 3.05) is 5.32 Å². The molecule has 0 radical (unpaired) electrons. The third kappa shape index (κ3) is 2.64. The van der Waals surface area contributed by atoms with Gasteiger partial charge in [-0.05, 0) is 34.5 Å². The van der Waals surface area contributed by atoms with Gasteiger partial charge in [0.25, 0.3) is 0 Å². The van der Waals surface area contributed by atoms with Crippen LogP contribution >= 0.6 is 0 Å². The van der Waals surface area contributed by atoms with E-state index in [2.05, 4.69) is 71.0 Å². The zero-order chi connectivity index (χ0) is 15.6. The second-order valence-electron chi connectivity index (χ2n) is 5.94. The average molecular weight is 296 g/mol. The minimum Gasteiger partial charge on any atom is -0.365 e. The van der Waals surface area contributed by atoms with Crippen molar-refractivity contribution in [3.05, 3.63) is 48.0 Å². The third-order valence-corrected chi connectivity index (χ3v) is 4.19. The largest absolute Gasteiger partial charge is 0.365 e. The minimum absolute atomic E-state index is 0.0206. The molecule has 3 aromatic rings. The van der Waals surface area contributed by atoms with Crippen LogP contribution in [0.4, 0.5) is 5.82 Å². The Kier molecular flexibility index (Phi) is 3.75. The molecule has 0 aliphatic carbocycles. The molecule has 1 atom stereocenters. The van der Waals surface area contributed by atoms with Gasteiger partial charge in [0.05, 0.1) is 0 Å². The number of benzene rings is 1. The Morgan fingerprint density at radius 2 is 1.91 bits per heavy atom. The summed E-state index contributed by atoms with van der Waals surface area (Å²) in [5, 5.41) is 19.2. The summed E-state index contributed by atoms with van der Waals surface area (Å²) in [6.45, 7) is 6.68. The van der Waals surface area contributed by atoms with E-state index in [1.807, 2.05) is 18.2 Å². The number of nitrogens with zero attached hydrogens (tertiary/aromatic N) is 5. The summed E-state index contributed by atoms with van der Waals surface area (Å²) in [6, 6.07) is 14.6. The summed E-state index contributed by atoms with van der Waals surface area (Å²) < 4.78 is 1.44. The topological polar surface area (TPSA) is 68.0 Å². The number of anilines is 1. The summed E-state index contributed by atoms with van der Waals surface area (Å²) in [7, 11) is 0. The van der Waals surface area contributed by atoms with Crippen LogP contribution in [0.5, 0.6) is 0 Å². The lowest BCUT2D eigenvalue weighted by Gasteiger charge is -2.35. The van der Waals surface area contributed by atoms with Gasteiger partial charge in [0, 0.05) is 11.5 Å². The van der Waals surface area contributed by atoms with E-state index in [0.717, 1.165) is 12.2 Å². The smallest absolute Gasteiger partial charge is 0.200 e. The van der Waals surface area contributed by atoms with E-state index in [1.165, 1.54) is 10.2 Å². The van der Waals surface area contributed by atoms with E-state index in [9.17, 15) is 0 Å². The maximum Gasteiger partial charge on any atom is 0.200 e. The summed E-state index contributed by atoms with van der Waals surface area (Å²) in [5.74, 6) is 0.774. The highest BCUT2D eigenvalue weighted by Crippen LogP contribution is 2.30. The van der Waals surface area contributed by atoms with Crippen LogP contribution < -0.4 is 5.32 Å². The molecule has 6 nitrogen and oxygen atoms in total. The van der Waals surface area contributed by atoms with E-state index in [-0.39, 0.29) is 11.5 Å². The summed E-state index contributed by atoms with van der Waals surface area (Å²) >= 11 is 0. The number of aromatic nitrogens is 5. The van der Waals surface area contributed by atoms with E-state index in [0.29, 0.717) is 5.65 Å². The Hall–Kier alpha value is -2.50.